The number of rotatable bonds is 2. The molecule has 0 aromatic heterocycles. The van der Waals surface area contributed by atoms with Gasteiger partial charge in [0.2, 0.25) is 11.1 Å². The Morgan fingerprint density at radius 3 is 2.00 bits per heavy atom. The summed E-state index contributed by atoms with van der Waals surface area (Å²) in [6, 6.07) is 0. The predicted octanol–water partition coefficient (Wildman–Crippen LogP) is -0.207. The van der Waals surface area contributed by atoms with Crippen LogP contribution in [0.15, 0.2) is 0 Å². The van der Waals surface area contributed by atoms with E-state index in [0.29, 0.717) is 0 Å². The first kappa shape index (κ1) is 7.93. The third-order valence-corrected chi connectivity index (χ3v) is 1.08. The van der Waals surface area contributed by atoms with Crippen LogP contribution >= 0.6 is 0 Å². The number of alkyl halides is 2. The molecule has 2 N–H and O–H groups in total. The Bertz CT molecular complexity index is 103. The highest BCUT2D eigenvalue weighted by Crippen LogP contribution is 2.14. The van der Waals surface area contributed by atoms with Crippen LogP contribution in [0.1, 0.15) is 0 Å². The van der Waals surface area contributed by atoms with Gasteiger partial charge in [0.15, 0.2) is 0 Å². The lowest BCUT2D eigenvalue weighted by Gasteiger charge is -2.05. The molecule has 1 unspecified atom stereocenters. The van der Waals surface area contributed by atoms with E-state index >= 15 is 0 Å². The molecule has 0 rings (SSSR count). The maximum Gasteiger partial charge on any atom is 0.367 e. The molecule has 3 nitrogen and oxygen atoms in total. The minimum absolute atomic E-state index is 1.60. The Morgan fingerprint density at radius 1 is 1.62 bits per heavy atom. The summed E-state index contributed by atoms with van der Waals surface area (Å²) < 4.78 is 40.0. The summed E-state index contributed by atoms with van der Waals surface area (Å²) in [5, 5.41) is 3.79. The molecule has 0 saturated carbocycles. The van der Waals surface area contributed by atoms with Crippen molar-refractivity contribution in [2.24, 2.45) is 0 Å². The minimum Gasteiger partial charge on any atom is -0.389 e. The zero-order chi connectivity index (χ0) is 6.78. The molecular weight excluding hydrogens is 142 g/mol. The maximum absolute atomic E-state index is 11.5. The molecule has 0 spiro atoms. The Morgan fingerprint density at radius 2 is 2.00 bits per heavy atom. The maximum atomic E-state index is 11.5. The first-order valence-electron chi connectivity index (χ1n) is 1.60. The van der Waals surface area contributed by atoms with Gasteiger partial charge in [-0.1, -0.05) is 0 Å². The van der Waals surface area contributed by atoms with Gasteiger partial charge in [-0.3, -0.25) is 0 Å². The van der Waals surface area contributed by atoms with Gasteiger partial charge in [-0.15, -0.1) is 0 Å². The summed E-state index contributed by atoms with van der Waals surface area (Å²) in [5.74, 6) is 0. The monoisotopic (exact) mass is 146 g/mol. The average molecular weight is 146 g/mol. The molecule has 0 aromatic rings. The molecule has 0 fully saturated rings. The lowest BCUT2D eigenvalue weighted by Crippen LogP contribution is -2.26. The summed E-state index contributed by atoms with van der Waals surface area (Å²) in [6.45, 7) is -1.60. The fourth-order valence-electron chi connectivity index (χ4n) is 0.0552. The van der Waals surface area contributed by atoms with Gasteiger partial charge < -0.3 is 9.66 Å². The van der Waals surface area contributed by atoms with Crippen molar-refractivity contribution >= 4 is 11.1 Å². The zero-order valence-corrected chi connectivity index (χ0v) is 4.49. The van der Waals surface area contributed by atoms with E-state index in [1.54, 1.807) is 0 Å². The smallest absolute Gasteiger partial charge is 0.367 e. The molecule has 6 heteroatoms. The number of hydrogen-bond acceptors (Lipinski definition) is 2. The van der Waals surface area contributed by atoms with E-state index in [9.17, 15) is 13.0 Å². The predicted molar refractivity (Wildman–Crippen MR) is 22.8 cm³/mol. The SMILES string of the molecule is O=S(O)C(F)(F)CO. The van der Waals surface area contributed by atoms with Crippen molar-refractivity contribution in [1.82, 2.24) is 0 Å². The fraction of sp³-hybridized carbons (Fsp3) is 1.00. The van der Waals surface area contributed by atoms with Gasteiger partial charge in [0.05, 0.1) is 0 Å². The lowest BCUT2D eigenvalue weighted by molar-refractivity contribution is 0.0251. The standard InChI is InChI=1S/C2H4F2O3S/c3-2(4,1-5)8(6)7/h5H,1H2,(H,6,7). The van der Waals surface area contributed by atoms with Gasteiger partial charge >= 0.3 is 5.25 Å². The number of aliphatic hydroxyl groups excluding tert-OH is 1. The van der Waals surface area contributed by atoms with E-state index in [0.717, 1.165) is 0 Å². The van der Waals surface area contributed by atoms with Crippen LogP contribution in [0, 0.1) is 0 Å². The third kappa shape index (κ3) is 1.81. The van der Waals surface area contributed by atoms with E-state index in [2.05, 4.69) is 0 Å². The van der Waals surface area contributed by atoms with Crippen molar-refractivity contribution in [2.75, 3.05) is 6.61 Å². The highest BCUT2D eigenvalue weighted by Gasteiger charge is 2.35. The van der Waals surface area contributed by atoms with Gasteiger partial charge in [-0.25, -0.2) is 4.21 Å². The summed E-state index contributed by atoms with van der Waals surface area (Å²) in [4.78, 5) is 0. The normalized spacial score (nSPS) is 16.0. The second-order valence-corrected chi connectivity index (χ2v) is 2.14. The van der Waals surface area contributed by atoms with Crippen LogP contribution in [-0.2, 0) is 11.1 Å². The van der Waals surface area contributed by atoms with Gasteiger partial charge in [0, 0.05) is 0 Å². The number of hydrogen-bond donors (Lipinski definition) is 2. The van der Waals surface area contributed by atoms with E-state index in [4.69, 9.17) is 9.66 Å². The first-order chi connectivity index (χ1) is 3.50. The number of halogens is 2. The van der Waals surface area contributed by atoms with Crippen molar-refractivity contribution in [2.45, 2.75) is 5.25 Å². The quantitative estimate of drug-likeness (QED) is 0.530. The second kappa shape index (κ2) is 2.47. The van der Waals surface area contributed by atoms with Crippen molar-refractivity contribution in [3.05, 3.63) is 0 Å². The van der Waals surface area contributed by atoms with Crippen LogP contribution in [0.4, 0.5) is 8.78 Å². The van der Waals surface area contributed by atoms with Gasteiger partial charge in [-0.2, -0.15) is 8.78 Å². The minimum atomic E-state index is -3.88. The van der Waals surface area contributed by atoms with Crippen molar-refractivity contribution in [1.29, 1.82) is 0 Å². The Labute approximate surface area is 46.6 Å². The fourth-order valence-corrected chi connectivity index (χ4v) is 0.166. The Hall–Kier alpha value is -0.0700. The Balaban J connectivity index is 3.91. The molecule has 0 heterocycles. The van der Waals surface area contributed by atoms with Crippen molar-refractivity contribution < 1.29 is 22.6 Å². The van der Waals surface area contributed by atoms with Crippen molar-refractivity contribution in [3.63, 3.8) is 0 Å². The molecule has 0 radical (unpaired) electrons. The summed E-state index contributed by atoms with van der Waals surface area (Å²) in [7, 11) is 0. The van der Waals surface area contributed by atoms with Crippen LogP contribution in [0.5, 0.6) is 0 Å². The highest BCUT2D eigenvalue weighted by molar-refractivity contribution is 7.80. The largest absolute Gasteiger partial charge is 0.389 e. The van der Waals surface area contributed by atoms with Crippen LogP contribution in [0.25, 0.3) is 0 Å². The molecule has 0 aliphatic carbocycles. The average Bonchev–Trinajstić information content (AvgIpc) is 1.67. The zero-order valence-electron chi connectivity index (χ0n) is 3.67. The second-order valence-electron chi connectivity index (χ2n) is 1.04. The molecule has 50 valence electrons. The first-order valence-corrected chi connectivity index (χ1v) is 2.71. The molecule has 0 aromatic carbocycles. The third-order valence-electron chi connectivity index (χ3n) is 0.440. The molecule has 1 atom stereocenters. The summed E-state index contributed by atoms with van der Waals surface area (Å²) in [5.41, 5.74) is 0. The highest BCUT2D eigenvalue weighted by atomic mass is 32.2. The molecule has 8 heavy (non-hydrogen) atoms. The van der Waals surface area contributed by atoms with Gasteiger partial charge in [0.1, 0.15) is 6.61 Å². The number of aliphatic hydroxyl groups is 1. The van der Waals surface area contributed by atoms with Crippen LogP contribution in [-0.4, -0.2) is 25.7 Å². The van der Waals surface area contributed by atoms with Crippen LogP contribution < -0.4 is 0 Å². The molecule has 0 amide bonds. The lowest BCUT2D eigenvalue weighted by atomic mass is 10.8. The van der Waals surface area contributed by atoms with E-state index < -0.39 is 22.9 Å². The van der Waals surface area contributed by atoms with Gasteiger partial charge in [-0.05, 0) is 0 Å². The summed E-state index contributed by atoms with van der Waals surface area (Å²) in [6.07, 6.45) is 0. The van der Waals surface area contributed by atoms with E-state index in [-0.39, 0.29) is 0 Å². The molecule has 0 aliphatic rings. The topological polar surface area (TPSA) is 57.5 Å². The van der Waals surface area contributed by atoms with E-state index in [1.165, 1.54) is 0 Å². The molecule has 0 aliphatic heterocycles. The van der Waals surface area contributed by atoms with E-state index in [1.807, 2.05) is 0 Å². The van der Waals surface area contributed by atoms with Gasteiger partial charge in [0.25, 0.3) is 0 Å². The van der Waals surface area contributed by atoms with Crippen LogP contribution in [0.2, 0.25) is 0 Å². The Kier molecular flexibility index (Phi) is 2.45. The molecule has 0 saturated heterocycles. The summed E-state index contributed by atoms with van der Waals surface area (Å²) >= 11 is -3.26. The molecular formula is C2H4F2O3S. The van der Waals surface area contributed by atoms with Crippen LogP contribution in [0.3, 0.4) is 0 Å². The molecule has 0 bridgehead atoms. The van der Waals surface area contributed by atoms with Crippen molar-refractivity contribution in [3.8, 4) is 0 Å².